The lowest BCUT2D eigenvalue weighted by molar-refractivity contribution is -0.117. The summed E-state index contributed by atoms with van der Waals surface area (Å²) in [5.41, 5.74) is 3.09. The molecule has 170 valence electrons. The Morgan fingerprint density at radius 1 is 1.15 bits per heavy atom. The number of hydrogen-bond donors (Lipinski definition) is 1. The number of nitrogens with zero attached hydrogens (tertiary/aromatic N) is 2. The van der Waals surface area contributed by atoms with Gasteiger partial charge in [-0.15, -0.1) is 0 Å². The highest BCUT2D eigenvalue weighted by Gasteiger charge is 2.40. The van der Waals surface area contributed by atoms with Gasteiger partial charge in [-0.25, -0.2) is 0 Å². The molecule has 34 heavy (non-hydrogen) atoms. The lowest BCUT2D eigenvalue weighted by Crippen LogP contribution is -2.30. The Balaban J connectivity index is 1.72. The average Bonchev–Trinajstić information content (AvgIpc) is 3.12. The molecule has 1 aliphatic heterocycles. The van der Waals surface area contributed by atoms with Gasteiger partial charge in [0.25, 0.3) is 5.91 Å². The number of benzene rings is 3. The molecule has 3 aromatic carbocycles. The van der Waals surface area contributed by atoms with Crippen LogP contribution in [0.2, 0.25) is 5.02 Å². The number of nitriles is 1. The molecule has 0 radical (unpaired) electrons. The van der Waals surface area contributed by atoms with Crippen molar-refractivity contribution < 1.29 is 9.59 Å². The fraction of sp³-hybridized carbons (Fsp3) is 0.115. The largest absolute Gasteiger partial charge is 0.321 e. The molecule has 0 aliphatic carbocycles. The number of carbonyl (C=O) groups is 2. The molecule has 1 aliphatic rings. The molecule has 3 aromatic rings. The SMILES string of the molecule is Cc1cccc(C[C@H]2S/C(=C(/C#N)C(=O)Nc3ccc(Br)cc3)N(c3ccc(Cl)cc3)C2=O)c1. The van der Waals surface area contributed by atoms with Gasteiger partial charge in [0.05, 0.1) is 5.25 Å². The van der Waals surface area contributed by atoms with Crippen LogP contribution in [0.4, 0.5) is 11.4 Å². The van der Waals surface area contributed by atoms with E-state index >= 15 is 0 Å². The molecule has 1 saturated heterocycles. The topological polar surface area (TPSA) is 73.2 Å². The number of rotatable bonds is 5. The van der Waals surface area contributed by atoms with Crippen molar-refractivity contribution in [2.45, 2.75) is 18.6 Å². The molecule has 1 N–H and O–H groups in total. The summed E-state index contributed by atoms with van der Waals surface area (Å²) in [5, 5.41) is 13.0. The molecule has 8 heteroatoms. The summed E-state index contributed by atoms with van der Waals surface area (Å²) in [5.74, 6) is -0.761. The number of nitrogens with one attached hydrogen (secondary N) is 1. The minimum atomic E-state index is -0.574. The average molecular weight is 553 g/mol. The Kier molecular flexibility index (Phi) is 7.42. The first-order valence-corrected chi connectivity index (χ1v) is 12.4. The first-order chi connectivity index (χ1) is 16.4. The van der Waals surface area contributed by atoms with Crippen LogP contribution >= 0.6 is 39.3 Å². The number of carbonyl (C=O) groups excluding carboxylic acids is 2. The summed E-state index contributed by atoms with van der Waals surface area (Å²) < 4.78 is 0.870. The minimum Gasteiger partial charge on any atom is -0.321 e. The zero-order valence-electron chi connectivity index (χ0n) is 18.1. The van der Waals surface area contributed by atoms with E-state index < -0.39 is 11.2 Å². The fourth-order valence-electron chi connectivity index (χ4n) is 3.59. The van der Waals surface area contributed by atoms with Crippen molar-refractivity contribution in [3.63, 3.8) is 0 Å². The highest BCUT2D eigenvalue weighted by Crippen LogP contribution is 2.42. The molecule has 4 rings (SSSR count). The summed E-state index contributed by atoms with van der Waals surface area (Å²) in [4.78, 5) is 28.1. The lowest BCUT2D eigenvalue weighted by atomic mass is 10.1. The van der Waals surface area contributed by atoms with Crippen LogP contribution < -0.4 is 10.2 Å². The maximum Gasteiger partial charge on any atom is 0.269 e. The summed E-state index contributed by atoms with van der Waals surface area (Å²) in [6, 6.07) is 23.8. The Hall–Kier alpha value is -3.05. The fourth-order valence-corrected chi connectivity index (χ4v) is 5.29. The lowest BCUT2D eigenvalue weighted by Gasteiger charge is -2.19. The second kappa shape index (κ2) is 10.5. The van der Waals surface area contributed by atoms with Gasteiger partial charge in [0, 0.05) is 20.9 Å². The van der Waals surface area contributed by atoms with Crippen LogP contribution in [-0.4, -0.2) is 17.1 Å². The second-order valence-electron chi connectivity index (χ2n) is 7.70. The Bertz CT molecular complexity index is 1320. The summed E-state index contributed by atoms with van der Waals surface area (Å²) in [7, 11) is 0. The molecule has 0 unspecified atom stereocenters. The number of anilines is 2. The maximum absolute atomic E-state index is 13.5. The first-order valence-electron chi connectivity index (χ1n) is 10.4. The maximum atomic E-state index is 13.5. The normalized spacial score (nSPS) is 16.8. The van der Waals surface area contributed by atoms with Crippen LogP contribution in [0, 0.1) is 18.3 Å². The quantitative estimate of drug-likeness (QED) is 0.291. The van der Waals surface area contributed by atoms with E-state index in [2.05, 4.69) is 21.2 Å². The molecular formula is C26H19BrClN3O2S. The van der Waals surface area contributed by atoms with Crippen molar-refractivity contribution in [3.8, 4) is 6.07 Å². The van der Waals surface area contributed by atoms with Gasteiger partial charge >= 0.3 is 0 Å². The molecule has 1 fully saturated rings. The molecule has 2 amide bonds. The minimum absolute atomic E-state index is 0.122. The molecular weight excluding hydrogens is 534 g/mol. The number of halogens is 2. The van der Waals surface area contributed by atoms with Crippen molar-refractivity contribution in [2.24, 2.45) is 0 Å². The summed E-state index contributed by atoms with van der Waals surface area (Å²) >= 11 is 10.6. The van der Waals surface area contributed by atoms with Gasteiger partial charge in [-0.1, -0.05) is 69.1 Å². The van der Waals surface area contributed by atoms with Crippen LogP contribution in [0.15, 0.2) is 87.9 Å². The number of aryl methyl sites for hydroxylation is 1. The van der Waals surface area contributed by atoms with Crippen molar-refractivity contribution in [3.05, 3.63) is 104 Å². The van der Waals surface area contributed by atoms with E-state index in [4.69, 9.17) is 11.6 Å². The van der Waals surface area contributed by atoms with Crippen LogP contribution in [0.25, 0.3) is 0 Å². The van der Waals surface area contributed by atoms with E-state index in [1.807, 2.05) is 37.3 Å². The van der Waals surface area contributed by atoms with E-state index in [1.54, 1.807) is 48.5 Å². The van der Waals surface area contributed by atoms with E-state index in [1.165, 1.54) is 16.7 Å². The van der Waals surface area contributed by atoms with Crippen LogP contribution in [0.3, 0.4) is 0 Å². The van der Waals surface area contributed by atoms with Gasteiger partial charge in [0.15, 0.2) is 0 Å². The van der Waals surface area contributed by atoms with Crippen LogP contribution in [0.1, 0.15) is 11.1 Å². The van der Waals surface area contributed by atoms with E-state index in [9.17, 15) is 14.9 Å². The van der Waals surface area contributed by atoms with Crippen molar-refractivity contribution in [2.75, 3.05) is 10.2 Å². The van der Waals surface area contributed by atoms with Gasteiger partial charge in [0.2, 0.25) is 5.91 Å². The molecule has 0 spiro atoms. The van der Waals surface area contributed by atoms with Crippen molar-refractivity contribution in [1.82, 2.24) is 0 Å². The third-order valence-corrected chi connectivity index (χ3v) is 7.24. The predicted octanol–water partition coefficient (Wildman–Crippen LogP) is 6.48. The Morgan fingerprint density at radius 3 is 2.50 bits per heavy atom. The van der Waals surface area contributed by atoms with E-state index in [0.717, 1.165) is 15.6 Å². The van der Waals surface area contributed by atoms with Crippen LogP contribution in [-0.2, 0) is 16.0 Å². The van der Waals surface area contributed by atoms with Gasteiger partial charge in [-0.05, 0) is 67.4 Å². The molecule has 0 bridgehead atoms. The van der Waals surface area contributed by atoms with Gasteiger partial charge in [0.1, 0.15) is 16.7 Å². The molecule has 1 heterocycles. The summed E-state index contributed by atoms with van der Waals surface area (Å²) in [6.45, 7) is 2.00. The Labute approximate surface area is 215 Å². The number of thioether (sulfide) groups is 1. The smallest absolute Gasteiger partial charge is 0.269 e. The Morgan fingerprint density at radius 2 is 1.85 bits per heavy atom. The van der Waals surface area contributed by atoms with Gasteiger partial charge in [-0.3, -0.25) is 14.5 Å². The van der Waals surface area contributed by atoms with Crippen molar-refractivity contribution in [1.29, 1.82) is 5.26 Å². The van der Waals surface area contributed by atoms with Crippen molar-refractivity contribution >= 4 is 62.5 Å². The molecule has 0 aromatic heterocycles. The monoisotopic (exact) mass is 551 g/mol. The molecule has 5 nitrogen and oxygen atoms in total. The van der Waals surface area contributed by atoms with E-state index in [0.29, 0.717) is 27.8 Å². The van der Waals surface area contributed by atoms with Crippen LogP contribution in [0.5, 0.6) is 0 Å². The molecule has 0 saturated carbocycles. The van der Waals surface area contributed by atoms with E-state index in [-0.39, 0.29) is 11.5 Å². The zero-order valence-corrected chi connectivity index (χ0v) is 21.2. The third-order valence-electron chi connectivity index (χ3n) is 5.20. The predicted molar refractivity (Wildman–Crippen MR) is 141 cm³/mol. The van der Waals surface area contributed by atoms with Gasteiger partial charge < -0.3 is 5.32 Å². The molecule has 1 atom stereocenters. The summed E-state index contributed by atoms with van der Waals surface area (Å²) in [6.07, 6.45) is 0.478. The first kappa shape index (κ1) is 24.1. The highest BCUT2D eigenvalue weighted by molar-refractivity contribution is 9.10. The number of hydrogen-bond acceptors (Lipinski definition) is 4. The number of amides is 2. The highest BCUT2D eigenvalue weighted by atomic mass is 79.9. The zero-order chi connectivity index (χ0) is 24.2. The van der Waals surface area contributed by atoms with Gasteiger partial charge in [-0.2, -0.15) is 5.26 Å². The third kappa shape index (κ3) is 5.36. The standard InChI is InChI=1S/C26H19BrClN3O2S/c1-16-3-2-4-17(13-16)14-23-25(33)31(21-11-7-19(28)8-12-21)26(34-23)22(15-29)24(32)30-20-9-5-18(27)6-10-20/h2-13,23H,14H2,1H3,(H,30,32)/b26-22-/t23-/m1/s1. The second-order valence-corrected chi connectivity index (χ2v) is 10.2.